The van der Waals surface area contributed by atoms with Crippen molar-refractivity contribution in [2.75, 3.05) is 6.26 Å². The second-order valence-corrected chi connectivity index (χ2v) is 8.24. The first-order chi connectivity index (χ1) is 12.7. The zero-order valence-corrected chi connectivity index (χ0v) is 17.3. The number of hydrogen-bond donors (Lipinski definition) is 4. The van der Waals surface area contributed by atoms with Gasteiger partial charge in [0, 0.05) is 29.4 Å². The van der Waals surface area contributed by atoms with Gasteiger partial charge in [0.1, 0.15) is 0 Å². The first kappa shape index (κ1) is 23.5. The highest BCUT2D eigenvalue weighted by atomic mass is 32.2. The third-order valence-corrected chi connectivity index (χ3v) is 5.47. The highest BCUT2D eigenvalue weighted by Gasteiger charge is 2.27. The molecule has 152 valence electrons. The quantitative estimate of drug-likeness (QED) is 0.406. The van der Waals surface area contributed by atoms with Crippen LogP contribution in [0.25, 0.3) is 0 Å². The van der Waals surface area contributed by atoms with E-state index in [0.717, 1.165) is 12.0 Å². The Hall–Kier alpha value is -1.57. The molecule has 6 nitrogen and oxygen atoms in total. The van der Waals surface area contributed by atoms with E-state index in [-0.39, 0.29) is 42.3 Å². The Balaban J connectivity index is 2.82. The van der Waals surface area contributed by atoms with Crippen LogP contribution < -0.4 is 10.6 Å². The van der Waals surface area contributed by atoms with Gasteiger partial charge in [-0.1, -0.05) is 44.2 Å². The van der Waals surface area contributed by atoms with Crippen LogP contribution in [0.5, 0.6) is 0 Å². The van der Waals surface area contributed by atoms with Gasteiger partial charge in [-0.25, -0.2) is 0 Å². The fourth-order valence-electron chi connectivity index (χ4n) is 3.23. The molecule has 0 heterocycles. The molecular formula is C20H32N2O4S. The third-order valence-electron chi connectivity index (χ3n) is 4.35. The molecule has 7 heteroatoms. The second kappa shape index (κ2) is 12.0. The van der Waals surface area contributed by atoms with Crippen LogP contribution in [0.1, 0.15) is 51.6 Å². The van der Waals surface area contributed by atoms with Gasteiger partial charge >= 0.3 is 11.9 Å². The number of carbonyl (C=O) groups is 2. The first-order valence-corrected chi connectivity index (χ1v) is 10.5. The Kier molecular flexibility index (Phi) is 10.4. The second-order valence-electron chi connectivity index (χ2n) is 7.16. The molecular weight excluding hydrogens is 364 g/mol. The smallest absolute Gasteiger partial charge is 0.305 e. The lowest BCUT2D eigenvalue weighted by atomic mass is 9.99. The molecule has 0 saturated heterocycles. The number of rotatable bonds is 13. The molecule has 0 aromatic heterocycles. The van der Waals surface area contributed by atoms with E-state index in [9.17, 15) is 19.8 Å². The van der Waals surface area contributed by atoms with Crippen molar-refractivity contribution in [2.45, 2.75) is 69.5 Å². The van der Waals surface area contributed by atoms with E-state index in [2.05, 4.69) is 10.6 Å². The maximum atomic E-state index is 11.3. The normalized spacial score (nSPS) is 15.9. The lowest BCUT2D eigenvalue weighted by Gasteiger charge is -2.31. The SMILES string of the molecule is CSC(CC(C)NC(CC(=O)O)c1ccccc1)C(CC(=O)O)NC(C)C. The van der Waals surface area contributed by atoms with Gasteiger partial charge in [-0.05, 0) is 25.2 Å². The van der Waals surface area contributed by atoms with Crippen molar-refractivity contribution < 1.29 is 19.8 Å². The van der Waals surface area contributed by atoms with Crippen molar-refractivity contribution >= 4 is 23.7 Å². The van der Waals surface area contributed by atoms with Gasteiger partial charge in [0.25, 0.3) is 0 Å². The fourth-order valence-corrected chi connectivity index (χ4v) is 4.22. The molecule has 0 aliphatic carbocycles. The minimum absolute atomic E-state index is 0.00108. The Bertz CT molecular complexity index is 583. The van der Waals surface area contributed by atoms with Crippen LogP contribution >= 0.6 is 11.8 Å². The average molecular weight is 397 g/mol. The zero-order chi connectivity index (χ0) is 20.4. The van der Waals surface area contributed by atoms with Crippen LogP contribution in [0.2, 0.25) is 0 Å². The van der Waals surface area contributed by atoms with E-state index in [4.69, 9.17) is 0 Å². The van der Waals surface area contributed by atoms with Gasteiger partial charge < -0.3 is 20.8 Å². The molecule has 0 aliphatic rings. The van der Waals surface area contributed by atoms with E-state index in [1.807, 2.05) is 57.4 Å². The molecule has 1 aromatic carbocycles. The molecule has 0 radical (unpaired) electrons. The molecule has 0 spiro atoms. The third kappa shape index (κ3) is 9.26. The minimum atomic E-state index is -0.852. The molecule has 27 heavy (non-hydrogen) atoms. The maximum Gasteiger partial charge on any atom is 0.305 e. The summed E-state index contributed by atoms with van der Waals surface area (Å²) in [6, 6.07) is 9.36. The van der Waals surface area contributed by atoms with Crippen molar-refractivity contribution in [3.63, 3.8) is 0 Å². The summed E-state index contributed by atoms with van der Waals surface area (Å²) in [6.45, 7) is 6.03. The number of nitrogens with one attached hydrogen (secondary N) is 2. The van der Waals surface area contributed by atoms with Gasteiger partial charge in [-0.15, -0.1) is 0 Å². The Morgan fingerprint density at radius 3 is 2.07 bits per heavy atom. The van der Waals surface area contributed by atoms with Gasteiger partial charge in [-0.3, -0.25) is 9.59 Å². The van der Waals surface area contributed by atoms with Crippen LogP contribution in [0.4, 0.5) is 0 Å². The number of carboxylic acids is 2. The number of benzene rings is 1. The Morgan fingerprint density at radius 2 is 1.59 bits per heavy atom. The standard InChI is InChI=1S/C20H32N2O4S/c1-13(2)21-17(12-20(25)26)18(27-4)10-14(3)22-16(11-19(23)24)15-8-6-5-7-9-15/h5-9,13-14,16-18,21-22H,10-12H2,1-4H3,(H,23,24)(H,25,26). The van der Waals surface area contributed by atoms with Gasteiger partial charge in [-0.2, -0.15) is 11.8 Å². The molecule has 4 unspecified atom stereocenters. The molecule has 0 amide bonds. The number of thioether (sulfide) groups is 1. The maximum absolute atomic E-state index is 11.3. The summed E-state index contributed by atoms with van der Waals surface area (Å²) in [5.74, 6) is -1.67. The highest BCUT2D eigenvalue weighted by molar-refractivity contribution is 7.99. The molecule has 1 rings (SSSR count). The van der Waals surface area contributed by atoms with Crippen molar-refractivity contribution in [3.8, 4) is 0 Å². The predicted molar refractivity (Wildman–Crippen MR) is 110 cm³/mol. The summed E-state index contributed by atoms with van der Waals surface area (Å²) >= 11 is 1.64. The van der Waals surface area contributed by atoms with Crippen LogP contribution in [0, 0.1) is 0 Å². The first-order valence-electron chi connectivity index (χ1n) is 9.26. The van der Waals surface area contributed by atoms with Crippen LogP contribution in [0.15, 0.2) is 30.3 Å². The monoisotopic (exact) mass is 396 g/mol. The van der Waals surface area contributed by atoms with E-state index >= 15 is 0 Å². The van der Waals surface area contributed by atoms with Crippen molar-refractivity contribution in [1.29, 1.82) is 0 Å². The van der Waals surface area contributed by atoms with Crippen LogP contribution in [-0.2, 0) is 9.59 Å². The van der Waals surface area contributed by atoms with E-state index < -0.39 is 11.9 Å². The molecule has 0 saturated carbocycles. The summed E-state index contributed by atoms with van der Waals surface area (Å²) in [5, 5.41) is 25.4. The molecule has 1 aromatic rings. The summed E-state index contributed by atoms with van der Waals surface area (Å²) < 4.78 is 0. The molecule has 0 bridgehead atoms. The summed E-state index contributed by atoms with van der Waals surface area (Å²) in [7, 11) is 0. The predicted octanol–water partition coefficient (Wildman–Crippen LogP) is 3.14. The van der Waals surface area contributed by atoms with E-state index in [1.54, 1.807) is 11.8 Å². The summed E-state index contributed by atoms with van der Waals surface area (Å²) in [4.78, 5) is 22.5. The van der Waals surface area contributed by atoms with Crippen molar-refractivity contribution in [2.24, 2.45) is 0 Å². The Labute approximate surface area is 166 Å². The molecule has 0 aliphatic heterocycles. The average Bonchev–Trinajstić information content (AvgIpc) is 2.58. The number of carboxylic acid groups (broad SMARTS) is 2. The number of aliphatic carboxylic acids is 2. The minimum Gasteiger partial charge on any atom is -0.481 e. The van der Waals surface area contributed by atoms with Crippen molar-refractivity contribution in [1.82, 2.24) is 10.6 Å². The molecule has 4 atom stereocenters. The Morgan fingerprint density at radius 1 is 1.00 bits per heavy atom. The lowest BCUT2D eigenvalue weighted by molar-refractivity contribution is -0.138. The summed E-state index contributed by atoms with van der Waals surface area (Å²) in [6.07, 6.45) is 2.79. The van der Waals surface area contributed by atoms with Gasteiger partial charge in [0.2, 0.25) is 0 Å². The number of hydrogen-bond acceptors (Lipinski definition) is 5. The van der Waals surface area contributed by atoms with Gasteiger partial charge in [0.15, 0.2) is 0 Å². The summed E-state index contributed by atoms with van der Waals surface area (Å²) in [5.41, 5.74) is 0.940. The van der Waals surface area contributed by atoms with E-state index in [0.29, 0.717) is 0 Å². The highest BCUT2D eigenvalue weighted by Crippen LogP contribution is 2.23. The largest absolute Gasteiger partial charge is 0.481 e. The van der Waals surface area contributed by atoms with Crippen molar-refractivity contribution in [3.05, 3.63) is 35.9 Å². The fraction of sp³-hybridized carbons (Fsp3) is 0.600. The van der Waals surface area contributed by atoms with Gasteiger partial charge in [0.05, 0.1) is 12.8 Å². The molecule has 0 fully saturated rings. The lowest BCUT2D eigenvalue weighted by Crippen LogP contribution is -2.46. The zero-order valence-electron chi connectivity index (χ0n) is 16.5. The van der Waals surface area contributed by atoms with Crippen LogP contribution in [-0.4, -0.2) is 51.8 Å². The topological polar surface area (TPSA) is 98.7 Å². The molecule has 4 N–H and O–H groups in total. The van der Waals surface area contributed by atoms with Crippen LogP contribution in [0.3, 0.4) is 0 Å². The van der Waals surface area contributed by atoms with E-state index in [1.165, 1.54) is 0 Å².